The van der Waals surface area contributed by atoms with E-state index in [0.717, 1.165) is 36.8 Å². The zero-order valence-corrected chi connectivity index (χ0v) is 15.5. The highest BCUT2D eigenvalue weighted by atomic mass is 16.3. The normalized spacial score (nSPS) is 20.1. The fourth-order valence-electron chi connectivity index (χ4n) is 3.73. The topological polar surface area (TPSA) is 40.5 Å². The van der Waals surface area contributed by atoms with Gasteiger partial charge in [-0.25, -0.2) is 0 Å². The second-order valence-corrected chi connectivity index (χ2v) is 9.15. The van der Waals surface area contributed by atoms with Crippen LogP contribution in [0.3, 0.4) is 0 Å². The molecule has 0 aliphatic heterocycles. The molecule has 1 aromatic carbocycles. The Bertz CT molecular complexity index is 520. The third-order valence-corrected chi connectivity index (χ3v) is 6.44. The summed E-state index contributed by atoms with van der Waals surface area (Å²) in [4.78, 5) is 0. The van der Waals surface area contributed by atoms with E-state index >= 15 is 0 Å². The zero-order valence-electron chi connectivity index (χ0n) is 15.5. The van der Waals surface area contributed by atoms with Gasteiger partial charge >= 0.3 is 0 Å². The van der Waals surface area contributed by atoms with Crippen LogP contribution in [0.2, 0.25) is 0 Å². The summed E-state index contributed by atoms with van der Waals surface area (Å²) in [6.07, 6.45) is 14.8. The average molecular weight is 331 g/mol. The van der Waals surface area contributed by atoms with Gasteiger partial charge in [-0.15, -0.1) is 0 Å². The van der Waals surface area contributed by atoms with Crippen molar-refractivity contribution >= 4 is 0 Å². The molecule has 134 valence electrons. The van der Waals surface area contributed by atoms with Crippen LogP contribution in [0.25, 0.3) is 0 Å². The summed E-state index contributed by atoms with van der Waals surface area (Å²) in [6.45, 7) is 4.76. The Morgan fingerprint density at radius 2 is 1.12 bits per heavy atom. The van der Waals surface area contributed by atoms with Gasteiger partial charge in [0.1, 0.15) is 11.5 Å². The first kappa shape index (κ1) is 17.6. The molecule has 0 aromatic heterocycles. The second kappa shape index (κ2) is 6.98. The van der Waals surface area contributed by atoms with E-state index < -0.39 is 0 Å². The Balaban J connectivity index is 1.46. The van der Waals surface area contributed by atoms with Crippen molar-refractivity contribution in [3.8, 4) is 11.5 Å². The van der Waals surface area contributed by atoms with Crippen molar-refractivity contribution in [1.29, 1.82) is 0 Å². The van der Waals surface area contributed by atoms with Gasteiger partial charge in [-0.1, -0.05) is 26.7 Å². The lowest BCUT2D eigenvalue weighted by atomic mass is 9.95. The van der Waals surface area contributed by atoms with E-state index in [9.17, 15) is 10.2 Å². The Hall–Kier alpha value is -1.18. The standard InChI is InChI=1S/C22H34O2/c1-21(11-12-21)9-5-3-7-17-15-18(20(24)16-19(17)23)8-4-6-10-22(2)13-14-22/h15-16,23-24H,3-14H2,1-2H3. The van der Waals surface area contributed by atoms with Gasteiger partial charge in [-0.2, -0.15) is 0 Å². The molecule has 0 amide bonds. The minimum atomic E-state index is 0.263. The van der Waals surface area contributed by atoms with E-state index in [1.807, 2.05) is 6.07 Å². The first-order chi connectivity index (χ1) is 11.4. The second-order valence-electron chi connectivity index (χ2n) is 9.15. The van der Waals surface area contributed by atoms with Crippen molar-refractivity contribution in [3.63, 3.8) is 0 Å². The van der Waals surface area contributed by atoms with E-state index in [1.54, 1.807) is 6.07 Å². The van der Waals surface area contributed by atoms with Crippen LogP contribution in [-0.2, 0) is 12.8 Å². The Kier molecular flexibility index (Phi) is 5.13. The molecule has 0 saturated heterocycles. The van der Waals surface area contributed by atoms with Crippen molar-refractivity contribution in [3.05, 3.63) is 23.3 Å². The summed E-state index contributed by atoms with van der Waals surface area (Å²) in [6, 6.07) is 3.59. The molecule has 2 aliphatic carbocycles. The van der Waals surface area contributed by atoms with Crippen LogP contribution in [-0.4, -0.2) is 10.2 Å². The van der Waals surface area contributed by atoms with Crippen molar-refractivity contribution in [1.82, 2.24) is 0 Å². The number of aryl methyl sites for hydroxylation is 2. The molecule has 1 aromatic rings. The number of hydrogen-bond donors (Lipinski definition) is 2. The number of benzene rings is 1. The Morgan fingerprint density at radius 1 is 0.708 bits per heavy atom. The van der Waals surface area contributed by atoms with Gasteiger partial charge < -0.3 is 10.2 Å². The lowest BCUT2D eigenvalue weighted by Crippen LogP contribution is -1.97. The monoisotopic (exact) mass is 330 g/mol. The molecule has 2 aliphatic rings. The van der Waals surface area contributed by atoms with Crippen molar-refractivity contribution in [2.75, 3.05) is 0 Å². The predicted octanol–water partition coefficient (Wildman–Crippen LogP) is 6.12. The molecule has 2 N–H and O–H groups in total. The quantitative estimate of drug-likeness (QED) is 0.507. The molecule has 2 heteroatoms. The number of phenols is 2. The first-order valence-electron chi connectivity index (χ1n) is 9.93. The fraction of sp³-hybridized carbons (Fsp3) is 0.727. The SMILES string of the molecule is CC1(CCCCc2cc(CCCCC3(C)CC3)c(O)cc2O)CC1. The van der Waals surface area contributed by atoms with Crippen molar-refractivity contribution in [2.45, 2.75) is 90.9 Å². The molecule has 0 unspecified atom stereocenters. The summed E-state index contributed by atoms with van der Waals surface area (Å²) < 4.78 is 0. The van der Waals surface area contributed by atoms with Crippen LogP contribution in [0.5, 0.6) is 11.5 Å². The summed E-state index contributed by atoms with van der Waals surface area (Å²) in [7, 11) is 0. The van der Waals surface area contributed by atoms with E-state index in [0.29, 0.717) is 10.8 Å². The van der Waals surface area contributed by atoms with Crippen LogP contribution < -0.4 is 0 Å². The molecule has 2 saturated carbocycles. The zero-order chi connectivity index (χ0) is 17.2. The summed E-state index contributed by atoms with van der Waals surface area (Å²) in [5, 5.41) is 20.2. The summed E-state index contributed by atoms with van der Waals surface area (Å²) in [5.74, 6) is 0.527. The maximum absolute atomic E-state index is 10.1. The first-order valence-corrected chi connectivity index (χ1v) is 9.93. The average Bonchev–Trinajstić information content (AvgIpc) is 3.44. The molecule has 0 spiro atoms. The maximum Gasteiger partial charge on any atom is 0.122 e. The highest BCUT2D eigenvalue weighted by molar-refractivity contribution is 5.45. The van der Waals surface area contributed by atoms with Gasteiger partial charge in [0.25, 0.3) is 0 Å². The largest absolute Gasteiger partial charge is 0.508 e. The minimum absolute atomic E-state index is 0.263. The molecular formula is C22H34O2. The van der Waals surface area contributed by atoms with Crippen molar-refractivity contribution < 1.29 is 10.2 Å². The Morgan fingerprint density at radius 3 is 1.50 bits per heavy atom. The molecule has 24 heavy (non-hydrogen) atoms. The molecule has 2 nitrogen and oxygen atoms in total. The van der Waals surface area contributed by atoms with E-state index in [2.05, 4.69) is 13.8 Å². The Labute approximate surface area is 147 Å². The number of unbranched alkanes of at least 4 members (excludes halogenated alkanes) is 2. The van der Waals surface area contributed by atoms with Gasteiger partial charge in [-0.05, 0) is 92.2 Å². The maximum atomic E-state index is 10.1. The molecule has 2 fully saturated rings. The van der Waals surface area contributed by atoms with Gasteiger partial charge in [0.15, 0.2) is 0 Å². The third kappa shape index (κ3) is 4.91. The van der Waals surface area contributed by atoms with E-state index in [1.165, 1.54) is 51.4 Å². The van der Waals surface area contributed by atoms with Crippen LogP contribution >= 0.6 is 0 Å². The summed E-state index contributed by atoms with van der Waals surface area (Å²) >= 11 is 0. The highest BCUT2D eigenvalue weighted by Crippen LogP contribution is 2.50. The molecule has 0 radical (unpaired) electrons. The van der Waals surface area contributed by atoms with Crippen LogP contribution in [0.1, 0.15) is 89.2 Å². The third-order valence-electron chi connectivity index (χ3n) is 6.44. The van der Waals surface area contributed by atoms with Crippen LogP contribution in [0, 0.1) is 10.8 Å². The van der Waals surface area contributed by atoms with Gasteiger partial charge in [0.05, 0.1) is 0 Å². The predicted molar refractivity (Wildman–Crippen MR) is 99.6 cm³/mol. The number of hydrogen-bond acceptors (Lipinski definition) is 2. The minimum Gasteiger partial charge on any atom is -0.508 e. The van der Waals surface area contributed by atoms with Crippen LogP contribution in [0.15, 0.2) is 12.1 Å². The summed E-state index contributed by atoms with van der Waals surface area (Å²) in [5.41, 5.74) is 3.27. The van der Waals surface area contributed by atoms with Gasteiger partial charge in [0.2, 0.25) is 0 Å². The molecule has 3 rings (SSSR count). The number of phenolic OH excluding ortho intramolecular Hbond substituents is 2. The lowest BCUT2D eigenvalue weighted by Gasteiger charge is -2.12. The highest BCUT2D eigenvalue weighted by Gasteiger charge is 2.36. The van der Waals surface area contributed by atoms with E-state index in [4.69, 9.17) is 0 Å². The van der Waals surface area contributed by atoms with Gasteiger partial charge in [0, 0.05) is 6.07 Å². The molecule has 0 bridgehead atoms. The molecular weight excluding hydrogens is 296 g/mol. The fourth-order valence-corrected chi connectivity index (χ4v) is 3.73. The molecule has 0 heterocycles. The van der Waals surface area contributed by atoms with Gasteiger partial charge in [-0.3, -0.25) is 0 Å². The van der Waals surface area contributed by atoms with Crippen molar-refractivity contribution in [2.24, 2.45) is 10.8 Å². The number of aromatic hydroxyl groups is 2. The van der Waals surface area contributed by atoms with Crippen LogP contribution in [0.4, 0.5) is 0 Å². The molecule has 0 atom stereocenters. The number of rotatable bonds is 10. The smallest absolute Gasteiger partial charge is 0.122 e. The lowest BCUT2D eigenvalue weighted by molar-refractivity contribution is 0.436. The van der Waals surface area contributed by atoms with E-state index in [-0.39, 0.29) is 11.5 Å².